The summed E-state index contributed by atoms with van der Waals surface area (Å²) < 4.78 is 14.3. The number of ether oxygens (including phenoxy) is 2. The van der Waals surface area contributed by atoms with Crippen molar-refractivity contribution in [3.05, 3.63) is 75.6 Å². The first-order valence-electron chi connectivity index (χ1n) is 7.90. The van der Waals surface area contributed by atoms with Gasteiger partial charge in [0.2, 0.25) is 0 Å². The molecule has 6 heteroatoms. The molecule has 1 unspecified atom stereocenters. The number of nitrogens with zero attached hydrogens (tertiary/aromatic N) is 2. The van der Waals surface area contributed by atoms with E-state index in [4.69, 9.17) is 9.47 Å². The molecule has 0 bridgehead atoms. The van der Waals surface area contributed by atoms with E-state index >= 15 is 0 Å². The molecule has 25 heavy (non-hydrogen) atoms. The molecule has 126 valence electrons. The van der Waals surface area contributed by atoms with E-state index < -0.39 is 0 Å². The van der Waals surface area contributed by atoms with Crippen LogP contribution in [0.15, 0.2) is 70.1 Å². The molecule has 0 fully saturated rings. The third-order valence-corrected chi connectivity index (χ3v) is 4.46. The molecule has 0 N–H and O–H groups in total. The zero-order valence-corrected chi connectivity index (χ0v) is 14.8. The van der Waals surface area contributed by atoms with E-state index in [2.05, 4.69) is 33.0 Å². The van der Waals surface area contributed by atoms with E-state index in [1.807, 2.05) is 41.0 Å². The average molecular weight is 399 g/mol. The highest BCUT2D eigenvalue weighted by molar-refractivity contribution is 9.10. The van der Waals surface area contributed by atoms with Crippen LogP contribution in [0.5, 0.6) is 11.8 Å². The molecule has 1 aliphatic heterocycles. The second-order valence-corrected chi connectivity index (χ2v) is 6.70. The fraction of sp³-hybridized carbons (Fsp3) is 0.158. The van der Waals surface area contributed by atoms with E-state index in [0.29, 0.717) is 19.2 Å². The Hall–Kier alpha value is -2.60. The topological polar surface area (TPSA) is 53.4 Å². The van der Waals surface area contributed by atoms with Crippen LogP contribution in [0, 0.1) is 0 Å². The fourth-order valence-corrected chi connectivity index (χ4v) is 3.14. The smallest absolute Gasteiger partial charge is 0.300 e. The molecule has 0 saturated heterocycles. The van der Waals surface area contributed by atoms with Crippen molar-refractivity contribution >= 4 is 15.9 Å². The van der Waals surface area contributed by atoms with Crippen molar-refractivity contribution in [1.29, 1.82) is 0 Å². The van der Waals surface area contributed by atoms with Gasteiger partial charge in [-0.15, -0.1) is 0 Å². The Bertz CT molecular complexity index is 953. The van der Waals surface area contributed by atoms with Gasteiger partial charge < -0.3 is 9.47 Å². The average Bonchev–Trinajstić information content (AvgIpc) is 3.02. The van der Waals surface area contributed by atoms with Crippen molar-refractivity contribution in [2.75, 3.05) is 6.61 Å². The quantitative estimate of drug-likeness (QED) is 0.674. The number of hydrogen-bond acceptors (Lipinski definition) is 4. The van der Waals surface area contributed by atoms with Gasteiger partial charge in [0.1, 0.15) is 12.4 Å². The Labute approximate surface area is 153 Å². The van der Waals surface area contributed by atoms with Crippen LogP contribution in [0.1, 0.15) is 0 Å². The highest BCUT2D eigenvalue weighted by Gasteiger charge is 2.23. The second-order valence-electron chi connectivity index (χ2n) is 5.79. The van der Waals surface area contributed by atoms with Gasteiger partial charge in [-0.25, -0.2) is 0 Å². The van der Waals surface area contributed by atoms with Crippen LogP contribution < -0.4 is 15.0 Å². The summed E-state index contributed by atoms with van der Waals surface area (Å²) in [6, 6.07) is 17.9. The molecule has 5 nitrogen and oxygen atoms in total. The molecule has 0 saturated carbocycles. The second kappa shape index (κ2) is 6.72. The predicted molar refractivity (Wildman–Crippen MR) is 98.0 cm³/mol. The fourth-order valence-electron chi connectivity index (χ4n) is 2.74. The van der Waals surface area contributed by atoms with Crippen molar-refractivity contribution in [2.45, 2.75) is 12.6 Å². The summed E-state index contributed by atoms with van der Waals surface area (Å²) in [5, 5.41) is 0. The minimum Gasteiger partial charge on any atom is -0.490 e. The summed E-state index contributed by atoms with van der Waals surface area (Å²) in [5.74, 6) is 0.778. The van der Waals surface area contributed by atoms with E-state index in [0.717, 1.165) is 21.3 Å². The summed E-state index contributed by atoms with van der Waals surface area (Å²) >= 11 is 3.49. The van der Waals surface area contributed by atoms with E-state index in [1.54, 1.807) is 6.20 Å². The highest BCUT2D eigenvalue weighted by Crippen LogP contribution is 2.25. The van der Waals surface area contributed by atoms with Crippen molar-refractivity contribution in [3.63, 3.8) is 0 Å². The molecule has 0 radical (unpaired) electrons. The van der Waals surface area contributed by atoms with Gasteiger partial charge in [0.15, 0.2) is 6.10 Å². The SMILES string of the molecule is O=c1ccn2c(n1)OC(COc1ccc(-c3cccc(Br)c3)cc1)C2. The van der Waals surface area contributed by atoms with Gasteiger partial charge in [0.05, 0.1) is 6.54 Å². The van der Waals surface area contributed by atoms with Crippen LogP contribution in [0.25, 0.3) is 11.1 Å². The minimum atomic E-state index is -0.295. The molecule has 1 aromatic heterocycles. The van der Waals surface area contributed by atoms with E-state index in [1.165, 1.54) is 6.07 Å². The van der Waals surface area contributed by atoms with Crippen molar-refractivity contribution in [2.24, 2.45) is 0 Å². The van der Waals surface area contributed by atoms with Gasteiger partial charge in [-0.05, 0) is 35.4 Å². The van der Waals surface area contributed by atoms with Crippen LogP contribution in [0.2, 0.25) is 0 Å². The van der Waals surface area contributed by atoms with Crippen LogP contribution in [-0.4, -0.2) is 22.3 Å². The van der Waals surface area contributed by atoms with Gasteiger partial charge >= 0.3 is 0 Å². The Balaban J connectivity index is 1.39. The lowest BCUT2D eigenvalue weighted by Crippen LogP contribution is -2.23. The number of benzene rings is 2. The van der Waals surface area contributed by atoms with Crippen LogP contribution in [0.3, 0.4) is 0 Å². The summed E-state index contributed by atoms with van der Waals surface area (Å²) in [5.41, 5.74) is 1.98. The lowest BCUT2D eigenvalue weighted by molar-refractivity contribution is 0.143. The molecule has 1 aliphatic rings. The van der Waals surface area contributed by atoms with E-state index in [9.17, 15) is 4.79 Å². The highest BCUT2D eigenvalue weighted by atomic mass is 79.9. The number of rotatable bonds is 4. The van der Waals surface area contributed by atoms with Gasteiger partial charge in [-0.2, -0.15) is 4.98 Å². The third kappa shape index (κ3) is 3.58. The number of halogens is 1. The predicted octanol–water partition coefficient (Wildman–Crippen LogP) is 3.51. The zero-order valence-electron chi connectivity index (χ0n) is 13.3. The van der Waals surface area contributed by atoms with Gasteiger partial charge in [-0.3, -0.25) is 9.36 Å². The molecular formula is C19H15BrN2O3. The standard InChI is InChI=1S/C19H15BrN2O3/c20-15-3-1-2-14(10-15)13-4-6-16(7-5-13)24-12-17-11-22-9-8-18(23)21-19(22)25-17/h1-10,17H,11-12H2. The number of hydrogen-bond donors (Lipinski definition) is 0. The normalized spacial score (nSPS) is 15.5. The maximum absolute atomic E-state index is 11.2. The lowest BCUT2D eigenvalue weighted by Gasteiger charge is -2.11. The van der Waals surface area contributed by atoms with Crippen molar-refractivity contribution in [3.8, 4) is 22.9 Å². The Kier molecular flexibility index (Phi) is 4.28. The third-order valence-electron chi connectivity index (χ3n) is 3.97. The molecular weight excluding hydrogens is 384 g/mol. The molecule has 4 rings (SSSR count). The summed E-state index contributed by atoms with van der Waals surface area (Å²) in [7, 11) is 0. The number of aromatic nitrogens is 2. The Morgan fingerprint density at radius 1 is 1.16 bits per heavy atom. The molecule has 0 aliphatic carbocycles. The maximum atomic E-state index is 11.2. The Morgan fingerprint density at radius 2 is 2.00 bits per heavy atom. The molecule has 2 heterocycles. The molecule has 3 aromatic rings. The largest absolute Gasteiger partial charge is 0.490 e. The lowest BCUT2D eigenvalue weighted by atomic mass is 10.1. The maximum Gasteiger partial charge on any atom is 0.300 e. The Morgan fingerprint density at radius 3 is 2.80 bits per heavy atom. The van der Waals surface area contributed by atoms with Gasteiger partial charge in [-0.1, -0.05) is 40.2 Å². The van der Waals surface area contributed by atoms with E-state index in [-0.39, 0.29) is 11.7 Å². The van der Waals surface area contributed by atoms with Gasteiger partial charge in [0, 0.05) is 16.7 Å². The summed E-state index contributed by atoms with van der Waals surface area (Å²) in [6.07, 6.45) is 1.54. The first-order valence-corrected chi connectivity index (χ1v) is 8.70. The van der Waals surface area contributed by atoms with Crippen LogP contribution in [0.4, 0.5) is 0 Å². The molecule has 1 atom stereocenters. The van der Waals surface area contributed by atoms with Crippen molar-refractivity contribution in [1.82, 2.24) is 9.55 Å². The number of fused-ring (bicyclic) bond motifs is 1. The first kappa shape index (κ1) is 15.9. The molecule has 0 amide bonds. The molecule has 2 aromatic carbocycles. The molecule has 0 spiro atoms. The monoisotopic (exact) mass is 398 g/mol. The van der Waals surface area contributed by atoms with Crippen LogP contribution >= 0.6 is 15.9 Å². The summed E-state index contributed by atoms with van der Waals surface area (Å²) in [4.78, 5) is 15.1. The first-order chi connectivity index (χ1) is 12.2. The van der Waals surface area contributed by atoms with Crippen LogP contribution in [-0.2, 0) is 6.54 Å². The van der Waals surface area contributed by atoms with Crippen molar-refractivity contribution < 1.29 is 9.47 Å². The van der Waals surface area contributed by atoms with Gasteiger partial charge in [0.25, 0.3) is 11.6 Å². The summed E-state index contributed by atoms with van der Waals surface area (Å²) in [6.45, 7) is 1.02. The zero-order chi connectivity index (χ0) is 17.2. The minimum absolute atomic E-state index is 0.154.